The van der Waals surface area contributed by atoms with Crippen molar-refractivity contribution in [1.82, 2.24) is 9.29 Å². The number of ether oxygens (including phenoxy) is 1. The topological polar surface area (TPSA) is 60.3 Å². The second-order valence-electron chi connectivity index (χ2n) is 6.04. The molecule has 3 aromatic rings. The first kappa shape index (κ1) is 21.2. The Kier molecular flexibility index (Phi) is 5.92. The number of rotatable bonds is 6. The number of aromatic nitrogens is 1. The Hall–Kier alpha value is -2.49. The molecule has 0 aliphatic heterocycles. The van der Waals surface area contributed by atoms with Crippen LogP contribution < -0.4 is 10.1 Å². The summed E-state index contributed by atoms with van der Waals surface area (Å²) in [6, 6.07) is 6.02. The number of hydrogen-bond donors (Lipinski definition) is 1. The summed E-state index contributed by atoms with van der Waals surface area (Å²) >= 11 is 5.72. The highest BCUT2D eigenvalue weighted by atomic mass is 35.5. The molecule has 0 spiro atoms. The molecule has 0 aliphatic carbocycles. The van der Waals surface area contributed by atoms with Crippen molar-refractivity contribution in [3.8, 4) is 17.0 Å². The van der Waals surface area contributed by atoms with Gasteiger partial charge in [0.2, 0.25) is 0 Å². The molecule has 1 N–H and O–H groups in total. The molecule has 1 aromatic heterocycles. The van der Waals surface area contributed by atoms with Crippen molar-refractivity contribution >= 4 is 21.6 Å². The van der Waals surface area contributed by atoms with Crippen LogP contribution >= 0.6 is 11.6 Å². The van der Waals surface area contributed by atoms with E-state index in [0.29, 0.717) is 9.54 Å². The summed E-state index contributed by atoms with van der Waals surface area (Å²) in [5.74, 6) is -2.75. The first-order valence-corrected chi connectivity index (χ1v) is 10.1. The first-order valence-electron chi connectivity index (χ1n) is 8.30. The highest BCUT2D eigenvalue weighted by Gasteiger charge is 2.30. The maximum atomic E-state index is 14.5. The molecule has 0 bridgehead atoms. The fourth-order valence-electron chi connectivity index (χ4n) is 2.95. The summed E-state index contributed by atoms with van der Waals surface area (Å²) in [6.45, 7) is 0.166. The van der Waals surface area contributed by atoms with Gasteiger partial charge in [0.1, 0.15) is 28.9 Å². The van der Waals surface area contributed by atoms with Gasteiger partial charge in [-0.1, -0.05) is 17.7 Å². The van der Waals surface area contributed by atoms with Crippen molar-refractivity contribution in [2.45, 2.75) is 11.4 Å². The fourth-order valence-corrected chi connectivity index (χ4v) is 4.61. The molecule has 0 atom stereocenters. The quantitative estimate of drug-likeness (QED) is 0.619. The number of nitrogens with zero attached hydrogens (tertiary/aromatic N) is 1. The van der Waals surface area contributed by atoms with Crippen LogP contribution in [0.3, 0.4) is 0 Å². The average Bonchev–Trinajstić information content (AvgIpc) is 3.03. The fraction of sp³-hybridized carbons (Fsp3) is 0.158. The lowest BCUT2D eigenvalue weighted by Crippen LogP contribution is -2.14. The molecule has 0 amide bonds. The Morgan fingerprint density at radius 1 is 1.10 bits per heavy atom. The van der Waals surface area contributed by atoms with Crippen LogP contribution in [-0.2, 0) is 16.6 Å². The first-order chi connectivity index (χ1) is 13.7. The monoisotopic (exact) mass is 444 g/mol. The lowest BCUT2D eigenvalue weighted by molar-refractivity contribution is 0.410. The Bertz CT molecular complexity index is 1160. The van der Waals surface area contributed by atoms with Crippen molar-refractivity contribution in [2.24, 2.45) is 0 Å². The van der Waals surface area contributed by atoms with E-state index in [-0.39, 0.29) is 22.9 Å². The molecule has 154 valence electrons. The number of nitrogens with one attached hydrogen (secondary N) is 1. The zero-order valence-electron chi connectivity index (χ0n) is 15.3. The molecule has 5 nitrogen and oxygen atoms in total. The summed E-state index contributed by atoms with van der Waals surface area (Å²) in [7, 11) is -1.51. The minimum Gasteiger partial charge on any atom is -0.494 e. The van der Waals surface area contributed by atoms with E-state index in [9.17, 15) is 21.6 Å². The second kappa shape index (κ2) is 8.10. The number of methoxy groups -OCH3 is 1. The van der Waals surface area contributed by atoms with Gasteiger partial charge >= 0.3 is 0 Å². The van der Waals surface area contributed by atoms with Crippen LogP contribution in [0.1, 0.15) is 5.56 Å². The Morgan fingerprint density at radius 3 is 2.31 bits per heavy atom. The molecule has 1 heterocycles. The van der Waals surface area contributed by atoms with Gasteiger partial charge in [-0.15, -0.1) is 0 Å². The molecule has 3 rings (SSSR count). The lowest BCUT2D eigenvalue weighted by Gasteiger charge is -2.14. The molecule has 0 fully saturated rings. The minimum atomic E-state index is -4.40. The van der Waals surface area contributed by atoms with Crippen LogP contribution in [0.15, 0.2) is 47.5 Å². The van der Waals surface area contributed by atoms with Crippen molar-refractivity contribution in [3.63, 3.8) is 0 Å². The van der Waals surface area contributed by atoms with Gasteiger partial charge in [0.25, 0.3) is 10.0 Å². The standard InChI is InChI=1S/C19H16ClF3N2O3S/c1-24-9-11-10-25(29(26,27)12-6-7-14(21)13(20)8-12)18(19(11)28-2)17-15(22)4-3-5-16(17)23/h3-8,10,24H,9H2,1-2H3. The number of benzene rings is 2. The third-order valence-corrected chi connectivity index (χ3v) is 6.16. The van der Waals surface area contributed by atoms with Gasteiger partial charge in [-0.2, -0.15) is 0 Å². The van der Waals surface area contributed by atoms with Crippen LogP contribution in [0.2, 0.25) is 5.02 Å². The molecule has 0 saturated carbocycles. The van der Waals surface area contributed by atoms with Crippen molar-refractivity contribution in [2.75, 3.05) is 14.2 Å². The van der Waals surface area contributed by atoms with Crippen molar-refractivity contribution in [3.05, 3.63) is 70.6 Å². The molecule has 0 saturated heterocycles. The third kappa shape index (κ3) is 3.73. The van der Waals surface area contributed by atoms with Crippen LogP contribution in [0, 0.1) is 17.5 Å². The highest BCUT2D eigenvalue weighted by Crippen LogP contribution is 2.40. The number of hydrogen-bond acceptors (Lipinski definition) is 4. The highest BCUT2D eigenvalue weighted by molar-refractivity contribution is 7.90. The Morgan fingerprint density at radius 2 is 1.76 bits per heavy atom. The Balaban J connectivity index is 2.38. The molecule has 0 unspecified atom stereocenters. The molecule has 29 heavy (non-hydrogen) atoms. The normalized spacial score (nSPS) is 11.7. The van der Waals surface area contributed by atoms with E-state index in [1.54, 1.807) is 7.05 Å². The smallest absolute Gasteiger partial charge is 0.268 e. The average molecular weight is 445 g/mol. The van der Waals surface area contributed by atoms with E-state index in [1.807, 2.05) is 0 Å². The predicted molar refractivity (Wildman–Crippen MR) is 103 cm³/mol. The van der Waals surface area contributed by atoms with Gasteiger partial charge in [-0.3, -0.25) is 0 Å². The molecule has 0 aliphatic rings. The maximum absolute atomic E-state index is 14.5. The zero-order valence-corrected chi connectivity index (χ0v) is 16.9. The maximum Gasteiger partial charge on any atom is 0.268 e. The molecular formula is C19H16ClF3N2O3S. The number of halogens is 4. The van der Waals surface area contributed by atoms with Crippen LogP contribution in [0.4, 0.5) is 13.2 Å². The van der Waals surface area contributed by atoms with Gasteiger partial charge < -0.3 is 10.1 Å². The van der Waals surface area contributed by atoms with Crippen LogP contribution in [-0.4, -0.2) is 26.5 Å². The van der Waals surface area contributed by atoms with E-state index >= 15 is 0 Å². The Labute approximate surface area is 170 Å². The van der Waals surface area contributed by atoms with E-state index in [1.165, 1.54) is 13.3 Å². The predicted octanol–water partition coefficient (Wildman–Crippen LogP) is 4.19. The van der Waals surface area contributed by atoms with E-state index in [4.69, 9.17) is 16.3 Å². The van der Waals surface area contributed by atoms with Crippen molar-refractivity contribution in [1.29, 1.82) is 0 Å². The molecule has 10 heteroatoms. The van der Waals surface area contributed by atoms with E-state index in [2.05, 4.69) is 5.32 Å². The summed E-state index contributed by atoms with van der Waals surface area (Å²) in [5, 5.41) is 2.44. The van der Waals surface area contributed by atoms with E-state index < -0.39 is 38.1 Å². The molecular weight excluding hydrogens is 429 g/mol. The molecule has 2 aromatic carbocycles. The third-order valence-electron chi connectivity index (χ3n) is 4.22. The van der Waals surface area contributed by atoms with E-state index in [0.717, 1.165) is 36.4 Å². The van der Waals surface area contributed by atoms with Crippen molar-refractivity contribution < 1.29 is 26.3 Å². The van der Waals surface area contributed by atoms with Gasteiger partial charge in [0.05, 0.1) is 22.6 Å². The van der Waals surface area contributed by atoms with Gasteiger partial charge in [-0.05, 0) is 37.4 Å². The van der Waals surface area contributed by atoms with Gasteiger partial charge in [0, 0.05) is 18.3 Å². The summed E-state index contributed by atoms with van der Waals surface area (Å²) in [4.78, 5) is -0.351. The second-order valence-corrected chi connectivity index (χ2v) is 8.26. The summed E-state index contributed by atoms with van der Waals surface area (Å²) < 4.78 is 75.1. The minimum absolute atomic E-state index is 0.0138. The summed E-state index contributed by atoms with van der Waals surface area (Å²) in [5.41, 5.74) is -0.540. The SMILES string of the molecule is CNCc1cn(S(=O)(=O)c2ccc(F)c(Cl)c2)c(-c2c(F)cccc2F)c1OC. The zero-order chi connectivity index (χ0) is 21.3. The van der Waals surface area contributed by atoms with Gasteiger partial charge in [0.15, 0.2) is 0 Å². The lowest BCUT2D eigenvalue weighted by atomic mass is 10.1. The summed E-state index contributed by atoms with van der Waals surface area (Å²) in [6.07, 6.45) is 1.20. The van der Waals surface area contributed by atoms with Gasteiger partial charge in [-0.25, -0.2) is 25.6 Å². The molecule has 0 radical (unpaired) electrons. The largest absolute Gasteiger partial charge is 0.494 e. The van der Waals surface area contributed by atoms with Crippen LogP contribution in [0.25, 0.3) is 11.3 Å². The van der Waals surface area contributed by atoms with Crippen LogP contribution in [0.5, 0.6) is 5.75 Å².